The lowest BCUT2D eigenvalue weighted by Gasteiger charge is -2.20. The number of benzene rings is 2. The fraction of sp³-hybridized carbons (Fsp3) is 0.333. The van der Waals surface area contributed by atoms with E-state index in [1.54, 1.807) is 7.11 Å². The van der Waals surface area contributed by atoms with Gasteiger partial charge >= 0.3 is 0 Å². The third kappa shape index (κ3) is 5.34. The van der Waals surface area contributed by atoms with Crippen LogP contribution in [0, 0.1) is 0 Å². The van der Waals surface area contributed by atoms with Crippen LogP contribution in [0.25, 0.3) is 0 Å². The summed E-state index contributed by atoms with van der Waals surface area (Å²) >= 11 is 0. The molecule has 3 nitrogen and oxygen atoms in total. The van der Waals surface area contributed by atoms with Crippen molar-refractivity contribution in [1.29, 1.82) is 0 Å². The lowest BCUT2D eigenvalue weighted by atomic mass is 10.0. The second-order valence-electron chi connectivity index (χ2n) is 5.24. The zero-order valence-electron chi connectivity index (χ0n) is 13.4. The molecule has 4 heteroatoms. The predicted octanol–water partition coefficient (Wildman–Crippen LogP) is 3.78. The molecule has 120 valence electrons. The van der Waals surface area contributed by atoms with E-state index in [1.807, 2.05) is 44.4 Å². The standard InChI is InChI=1S/C18H23NO2.ClH/c1-19(2)13-14-21-18(15-7-5-4-6-8-15)16-9-11-17(20-3)12-10-16;/h4-12,18H,13-14H2,1-3H3;1H. The minimum absolute atomic E-state index is 0. The van der Waals surface area contributed by atoms with Crippen molar-refractivity contribution in [3.63, 3.8) is 0 Å². The molecular formula is C18H24ClNO2. The quantitative estimate of drug-likeness (QED) is 0.774. The second-order valence-corrected chi connectivity index (χ2v) is 5.24. The fourth-order valence-electron chi connectivity index (χ4n) is 2.14. The summed E-state index contributed by atoms with van der Waals surface area (Å²) in [5, 5.41) is 0. The van der Waals surface area contributed by atoms with Crippen molar-refractivity contribution < 1.29 is 9.47 Å². The smallest absolute Gasteiger partial charge is 0.118 e. The summed E-state index contributed by atoms with van der Waals surface area (Å²) in [6, 6.07) is 18.4. The molecule has 2 aromatic rings. The minimum atomic E-state index is -0.0444. The molecular weight excluding hydrogens is 298 g/mol. The first-order chi connectivity index (χ1) is 10.2. The van der Waals surface area contributed by atoms with Gasteiger partial charge in [-0.1, -0.05) is 42.5 Å². The number of likely N-dealkylation sites (N-methyl/N-ethyl adjacent to an activating group) is 1. The summed E-state index contributed by atoms with van der Waals surface area (Å²) in [7, 11) is 5.78. The number of ether oxygens (including phenoxy) is 2. The molecule has 0 radical (unpaired) electrons. The first-order valence-electron chi connectivity index (χ1n) is 7.16. The van der Waals surface area contributed by atoms with Crippen molar-refractivity contribution in [2.45, 2.75) is 6.10 Å². The topological polar surface area (TPSA) is 21.7 Å². The molecule has 0 aromatic heterocycles. The van der Waals surface area contributed by atoms with Gasteiger partial charge < -0.3 is 14.4 Å². The third-order valence-corrected chi connectivity index (χ3v) is 3.34. The van der Waals surface area contributed by atoms with Crippen molar-refractivity contribution in [2.24, 2.45) is 0 Å². The molecule has 0 aliphatic rings. The molecule has 1 unspecified atom stereocenters. The molecule has 1 atom stereocenters. The van der Waals surface area contributed by atoms with E-state index < -0.39 is 0 Å². The summed E-state index contributed by atoms with van der Waals surface area (Å²) in [6.07, 6.45) is -0.0444. The maximum absolute atomic E-state index is 6.12. The van der Waals surface area contributed by atoms with Crippen LogP contribution in [-0.2, 0) is 4.74 Å². The van der Waals surface area contributed by atoms with Gasteiger partial charge in [0, 0.05) is 6.54 Å². The molecule has 0 saturated heterocycles. The van der Waals surface area contributed by atoms with E-state index in [-0.39, 0.29) is 18.5 Å². The van der Waals surface area contributed by atoms with Crippen molar-refractivity contribution in [3.8, 4) is 5.75 Å². The highest BCUT2D eigenvalue weighted by Crippen LogP contribution is 2.27. The van der Waals surface area contributed by atoms with Gasteiger partial charge in [-0.05, 0) is 37.4 Å². The van der Waals surface area contributed by atoms with E-state index >= 15 is 0 Å². The molecule has 0 spiro atoms. The van der Waals surface area contributed by atoms with Crippen molar-refractivity contribution >= 4 is 12.4 Å². The van der Waals surface area contributed by atoms with Gasteiger partial charge in [0.05, 0.1) is 13.7 Å². The van der Waals surface area contributed by atoms with Crippen LogP contribution >= 0.6 is 12.4 Å². The fourth-order valence-corrected chi connectivity index (χ4v) is 2.14. The molecule has 0 bridgehead atoms. The molecule has 0 saturated carbocycles. The zero-order chi connectivity index (χ0) is 15.1. The van der Waals surface area contributed by atoms with Gasteiger partial charge in [0.1, 0.15) is 11.9 Å². The number of nitrogens with zero attached hydrogens (tertiary/aromatic N) is 1. The number of rotatable bonds is 7. The Morgan fingerprint density at radius 1 is 0.909 bits per heavy atom. The van der Waals surface area contributed by atoms with Crippen LogP contribution in [0.5, 0.6) is 5.75 Å². The Bertz CT molecular complexity index is 529. The van der Waals surface area contributed by atoms with E-state index in [0.29, 0.717) is 6.61 Å². The molecule has 0 aliphatic carbocycles. The summed E-state index contributed by atoms with van der Waals surface area (Å²) in [6.45, 7) is 1.60. The first-order valence-corrected chi connectivity index (χ1v) is 7.16. The van der Waals surface area contributed by atoms with E-state index in [0.717, 1.165) is 17.9 Å². The Balaban J connectivity index is 0.00000242. The highest BCUT2D eigenvalue weighted by Gasteiger charge is 2.14. The van der Waals surface area contributed by atoms with Gasteiger partial charge in [-0.25, -0.2) is 0 Å². The summed E-state index contributed by atoms with van der Waals surface area (Å²) < 4.78 is 11.3. The summed E-state index contributed by atoms with van der Waals surface area (Å²) in [5.41, 5.74) is 2.31. The number of hydrogen-bond donors (Lipinski definition) is 0. The van der Waals surface area contributed by atoms with Crippen LogP contribution in [0.2, 0.25) is 0 Å². The summed E-state index contributed by atoms with van der Waals surface area (Å²) in [4.78, 5) is 2.12. The van der Waals surface area contributed by atoms with E-state index in [2.05, 4.69) is 29.2 Å². The monoisotopic (exact) mass is 321 g/mol. The van der Waals surface area contributed by atoms with E-state index in [9.17, 15) is 0 Å². The van der Waals surface area contributed by atoms with Crippen LogP contribution in [0.3, 0.4) is 0 Å². The molecule has 2 rings (SSSR count). The van der Waals surface area contributed by atoms with Gasteiger partial charge in [-0.15, -0.1) is 12.4 Å². The van der Waals surface area contributed by atoms with Gasteiger partial charge in [0.15, 0.2) is 0 Å². The number of methoxy groups -OCH3 is 1. The van der Waals surface area contributed by atoms with Gasteiger partial charge in [0.2, 0.25) is 0 Å². The van der Waals surface area contributed by atoms with Crippen molar-refractivity contribution in [3.05, 3.63) is 65.7 Å². The van der Waals surface area contributed by atoms with Crippen LogP contribution in [-0.4, -0.2) is 39.3 Å². The Morgan fingerprint density at radius 3 is 2.05 bits per heavy atom. The lowest BCUT2D eigenvalue weighted by Crippen LogP contribution is -2.20. The molecule has 0 fully saturated rings. The first kappa shape index (κ1) is 18.5. The van der Waals surface area contributed by atoms with Crippen molar-refractivity contribution in [1.82, 2.24) is 4.90 Å². The maximum Gasteiger partial charge on any atom is 0.118 e. The van der Waals surface area contributed by atoms with Crippen molar-refractivity contribution in [2.75, 3.05) is 34.4 Å². The van der Waals surface area contributed by atoms with Gasteiger partial charge in [0.25, 0.3) is 0 Å². The largest absolute Gasteiger partial charge is 0.497 e. The zero-order valence-corrected chi connectivity index (χ0v) is 14.2. The van der Waals surface area contributed by atoms with E-state index in [4.69, 9.17) is 9.47 Å². The Labute approximate surface area is 139 Å². The Morgan fingerprint density at radius 2 is 1.50 bits per heavy atom. The molecule has 0 N–H and O–H groups in total. The van der Waals surface area contributed by atoms with Crippen LogP contribution < -0.4 is 4.74 Å². The Kier molecular flexibility index (Phi) is 7.96. The SMILES string of the molecule is COc1ccc(C(OCCN(C)C)c2ccccc2)cc1.Cl. The third-order valence-electron chi connectivity index (χ3n) is 3.34. The molecule has 2 aromatic carbocycles. The molecule has 22 heavy (non-hydrogen) atoms. The Hall–Kier alpha value is -1.55. The number of halogens is 1. The minimum Gasteiger partial charge on any atom is -0.497 e. The van der Waals surface area contributed by atoms with Crippen LogP contribution in [0.1, 0.15) is 17.2 Å². The normalized spacial score (nSPS) is 11.8. The summed E-state index contributed by atoms with van der Waals surface area (Å²) in [5.74, 6) is 0.860. The highest BCUT2D eigenvalue weighted by molar-refractivity contribution is 5.85. The molecule has 0 amide bonds. The number of hydrogen-bond acceptors (Lipinski definition) is 3. The van der Waals surface area contributed by atoms with Gasteiger partial charge in [-0.3, -0.25) is 0 Å². The van der Waals surface area contributed by atoms with Gasteiger partial charge in [-0.2, -0.15) is 0 Å². The average molecular weight is 322 g/mol. The molecule has 0 aliphatic heterocycles. The van der Waals surface area contributed by atoms with Crippen LogP contribution in [0.4, 0.5) is 0 Å². The second kappa shape index (κ2) is 9.46. The highest BCUT2D eigenvalue weighted by atomic mass is 35.5. The molecule has 0 heterocycles. The maximum atomic E-state index is 6.12. The van der Waals surface area contributed by atoms with E-state index in [1.165, 1.54) is 5.56 Å². The van der Waals surface area contributed by atoms with Crippen LogP contribution in [0.15, 0.2) is 54.6 Å². The predicted molar refractivity (Wildman–Crippen MR) is 93.0 cm³/mol. The lowest BCUT2D eigenvalue weighted by molar-refractivity contribution is 0.0687. The average Bonchev–Trinajstić information content (AvgIpc) is 2.52.